The predicted molar refractivity (Wildman–Crippen MR) is 63.3 cm³/mol. The van der Waals surface area contributed by atoms with Gasteiger partial charge in [-0.05, 0) is 19.3 Å². The van der Waals surface area contributed by atoms with Crippen LogP contribution in [0.4, 0.5) is 0 Å². The second kappa shape index (κ2) is 6.38. The smallest absolute Gasteiger partial charge is 0.157 e. The van der Waals surface area contributed by atoms with Crippen molar-refractivity contribution in [3.63, 3.8) is 0 Å². The van der Waals surface area contributed by atoms with E-state index in [2.05, 4.69) is 11.1 Å². The van der Waals surface area contributed by atoms with Gasteiger partial charge in [-0.15, -0.1) is 0 Å². The number of hydrogen-bond acceptors (Lipinski definition) is 5. The van der Waals surface area contributed by atoms with E-state index in [0.29, 0.717) is 18.7 Å². The SMILES string of the molecule is N#CC1=CN=CN(CCOC2CCCCO2)C1. The monoisotopic (exact) mass is 235 g/mol. The molecule has 2 heterocycles. The van der Waals surface area contributed by atoms with E-state index in [1.807, 2.05) is 4.90 Å². The van der Waals surface area contributed by atoms with Gasteiger partial charge in [0.25, 0.3) is 0 Å². The largest absolute Gasteiger partial charge is 0.355 e. The highest BCUT2D eigenvalue weighted by Gasteiger charge is 2.14. The standard InChI is InChI=1S/C12H17N3O2/c13-7-11-8-14-10-15(9-11)4-6-17-12-3-1-2-5-16-12/h8,10,12H,1-6,9H2. The molecule has 0 bridgehead atoms. The van der Waals surface area contributed by atoms with Gasteiger partial charge < -0.3 is 14.4 Å². The number of ether oxygens (including phenoxy) is 2. The van der Waals surface area contributed by atoms with Gasteiger partial charge in [0.05, 0.1) is 31.1 Å². The van der Waals surface area contributed by atoms with Gasteiger partial charge in [0.15, 0.2) is 6.29 Å². The van der Waals surface area contributed by atoms with Gasteiger partial charge in [0.1, 0.15) is 0 Å². The average molecular weight is 235 g/mol. The molecule has 0 aliphatic carbocycles. The number of nitriles is 1. The van der Waals surface area contributed by atoms with Crippen LogP contribution < -0.4 is 0 Å². The fourth-order valence-corrected chi connectivity index (χ4v) is 1.86. The summed E-state index contributed by atoms with van der Waals surface area (Å²) >= 11 is 0. The van der Waals surface area contributed by atoms with Crippen LogP contribution in [0.3, 0.4) is 0 Å². The summed E-state index contributed by atoms with van der Waals surface area (Å²) in [5.74, 6) is 0. The fourth-order valence-electron chi connectivity index (χ4n) is 1.86. The Balaban J connectivity index is 1.64. The van der Waals surface area contributed by atoms with Crippen LogP contribution in [0.1, 0.15) is 19.3 Å². The maximum atomic E-state index is 8.77. The van der Waals surface area contributed by atoms with Crippen molar-refractivity contribution >= 4 is 6.34 Å². The van der Waals surface area contributed by atoms with E-state index in [9.17, 15) is 0 Å². The van der Waals surface area contributed by atoms with E-state index in [1.165, 1.54) is 6.42 Å². The highest BCUT2D eigenvalue weighted by molar-refractivity contribution is 5.59. The Morgan fingerprint density at radius 3 is 3.29 bits per heavy atom. The molecule has 0 N–H and O–H groups in total. The van der Waals surface area contributed by atoms with Crippen molar-refractivity contribution < 1.29 is 9.47 Å². The van der Waals surface area contributed by atoms with Gasteiger partial charge >= 0.3 is 0 Å². The first kappa shape index (κ1) is 12.1. The topological polar surface area (TPSA) is 57.9 Å². The summed E-state index contributed by atoms with van der Waals surface area (Å²) in [7, 11) is 0. The van der Waals surface area contributed by atoms with Gasteiger partial charge in [0.2, 0.25) is 0 Å². The van der Waals surface area contributed by atoms with Crippen molar-refractivity contribution in [1.29, 1.82) is 5.26 Å². The quantitative estimate of drug-likeness (QED) is 0.736. The Kier molecular flexibility index (Phi) is 4.54. The Morgan fingerprint density at radius 2 is 2.53 bits per heavy atom. The second-order valence-corrected chi connectivity index (χ2v) is 4.17. The summed E-state index contributed by atoms with van der Waals surface area (Å²) in [6.45, 7) is 2.77. The number of rotatable bonds is 4. The molecule has 0 radical (unpaired) electrons. The summed E-state index contributed by atoms with van der Waals surface area (Å²) < 4.78 is 11.1. The lowest BCUT2D eigenvalue weighted by Gasteiger charge is -2.25. The van der Waals surface area contributed by atoms with E-state index < -0.39 is 0 Å². The molecule has 0 aromatic carbocycles. The zero-order chi connectivity index (χ0) is 11.9. The van der Waals surface area contributed by atoms with Gasteiger partial charge in [-0.1, -0.05) is 0 Å². The van der Waals surface area contributed by atoms with Crippen molar-refractivity contribution in [2.45, 2.75) is 25.6 Å². The van der Waals surface area contributed by atoms with Crippen LogP contribution in [0.2, 0.25) is 0 Å². The van der Waals surface area contributed by atoms with Crippen molar-refractivity contribution in [3.05, 3.63) is 11.8 Å². The Hall–Kier alpha value is -1.38. The molecular weight excluding hydrogens is 218 g/mol. The van der Waals surface area contributed by atoms with E-state index in [4.69, 9.17) is 14.7 Å². The molecule has 0 saturated carbocycles. The molecule has 2 aliphatic heterocycles. The molecule has 1 saturated heterocycles. The first-order valence-corrected chi connectivity index (χ1v) is 5.98. The molecule has 17 heavy (non-hydrogen) atoms. The Labute approximate surface area is 101 Å². The zero-order valence-corrected chi connectivity index (χ0v) is 9.84. The van der Waals surface area contributed by atoms with Gasteiger partial charge in [-0.3, -0.25) is 0 Å². The third-order valence-corrected chi connectivity index (χ3v) is 2.80. The van der Waals surface area contributed by atoms with Gasteiger partial charge in [-0.25, -0.2) is 4.99 Å². The minimum atomic E-state index is -0.0449. The molecule has 2 rings (SSSR count). The molecule has 1 unspecified atom stereocenters. The molecule has 1 fully saturated rings. The van der Waals surface area contributed by atoms with Gasteiger partial charge in [-0.2, -0.15) is 5.26 Å². The first-order valence-electron chi connectivity index (χ1n) is 5.98. The maximum absolute atomic E-state index is 8.77. The molecule has 0 spiro atoms. The lowest BCUT2D eigenvalue weighted by Crippen LogP contribution is -2.32. The van der Waals surface area contributed by atoms with Crippen LogP contribution in [0.25, 0.3) is 0 Å². The summed E-state index contributed by atoms with van der Waals surface area (Å²) in [6.07, 6.45) is 6.59. The molecule has 0 amide bonds. The molecule has 0 aromatic heterocycles. The molecular formula is C12H17N3O2. The minimum Gasteiger partial charge on any atom is -0.355 e. The summed E-state index contributed by atoms with van der Waals surface area (Å²) in [5, 5.41) is 8.77. The second-order valence-electron chi connectivity index (χ2n) is 4.17. The summed E-state index contributed by atoms with van der Waals surface area (Å²) in [5.41, 5.74) is 0.682. The van der Waals surface area contributed by atoms with Crippen LogP contribution in [0.5, 0.6) is 0 Å². The Bertz CT molecular complexity index is 340. The lowest BCUT2D eigenvalue weighted by atomic mass is 10.2. The minimum absolute atomic E-state index is 0.0449. The average Bonchev–Trinajstić information content (AvgIpc) is 2.40. The predicted octanol–water partition coefficient (Wildman–Crippen LogP) is 1.28. The summed E-state index contributed by atoms with van der Waals surface area (Å²) in [4.78, 5) is 5.98. The maximum Gasteiger partial charge on any atom is 0.157 e. The van der Waals surface area contributed by atoms with Crippen molar-refractivity contribution in [2.24, 2.45) is 4.99 Å². The van der Waals surface area contributed by atoms with Crippen LogP contribution >= 0.6 is 0 Å². The molecule has 92 valence electrons. The highest BCUT2D eigenvalue weighted by Crippen LogP contribution is 2.13. The zero-order valence-electron chi connectivity index (χ0n) is 9.84. The van der Waals surface area contributed by atoms with Crippen LogP contribution in [-0.2, 0) is 9.47 Å². The normalized spacial score (nSPS) is 24.3. The van der Waals surface area contributed by atoms with E-state index in [1.54, 1.807) is 12.5 Å². The number of hydrogen-bond donors (Lipinski definition) is 0. The van der Waals surface area contributed by atoms with E-state index >= 15 is 0 Å². The molecule has 0 aromatic rings. The van der Waals surface area contributed by atoms with Crippen molar-refractivity contribution in [3.8, 4) is 6.07 Å². The first-order chi connectivity index (χ1) is 8.38. The Morgan fingerprint density at radius 1 is 1.59 bits per heavy atom. The third-order valence-electron chi connectivity index (χ3n) is 2.80. The molecule has 1 atom stereocenters. The number of aliphatic imine (C=N–C) groups is 1. The highest BCUT2D eigenvalue weighted by atomic mass is 16.7. The van der Waals surface area contributed by atoms with Crippen molar-refractivity contribution in [1.82, 2.24) is 4.90 Å². The van der Waals surface area contributed by atoms with Crippen molar-refractivity contribution in [2.75, 3.05) is 26.3 Å². The van der Waals surface area contributed by atoms with Gasteiger partial charge in [0, 0.05) is 19.4 Å². The number of nitrogens with zero attached hydrogens (tertiary/aromatic N) is 3. The molecule has 5 heteroatoms. The summed E-state index contributed by atoms with van der Waals surface area (Å²) in [6, 6.07) is 2.11. The van der Waals surface area contributed by atoms with E-state index in [0.717, 1.165) is 26.0 Å². The van der Waals surface area contributed by atoms with Crippen LogP contribution in [-0.4, -0.2) is 43.8 Å². The van der Waals surface area contributed by atoms with Crippen LogP contribution in [0.15, 0.2) is 16.8 Å². The fraction of sp³-hybridized carbons (Fsp3) is 0.667. The lowest BCUT2D eigenvalue weighted by molar-refractivity contribution is -0.162. The van der Waals surface area contributed by atoms with Crippen LogP contribution in [0, 0.1) is 11.3 Å². The molecule has 2 aliphatic rings. The molecule has 5 nitrogen and oxygen atoms in total. The third kappa shape index (κ3) is 3.84. The van der Waals surface area contributed by atoms with E-state index in [-0.39, 0.29) is 6.29 Å².